The molecular formula is C14H14N2O3. The van der Waals surface area contributed by atoms with E-state index in [4.69, 9.17) is 0 Å². The fourth-order valence-corrected chi connectivity index (χ4v) is 1.75. The smallest absolute Gasteiger partial charge is 0.327 e. The maximum absolute atomic E-state index is 11.6. The van der Waals surface area contributed by atoms with Crippen molar-refractivity contribution in [1.82, 2.24) is 9.78 Å². The number of carbonyl (C=O) groups excluding carboxylic acids is 1. The Balaban J connectivity index is 2.44. The highest BCUT2D eigenvalue weighted by atomic mass is 16.5. The molecule has 0 N–H and O–H groups in total. The van der Waals surface area contributed by atoms with E-state index in [9.17, 15) is 9.59 Å². The molecular weight excluding hydrogens is 244 g/mol. The third kappa shape index (κ3) is 2.88. The number of nitrogens with zero attached hydrogens (tertiary/aromatic N) is 2. The van der Waals surface area contributed by atoms with Crippen molar-refractivity contribution in [2.45, 2.75) is 13.5 Å². The summed E-state index contributed by atoms with van der Waals surface area (Å²) >= 11 is 0. The first kappa shape index (κ1) is 13.0. The molecule has 0 saturated heterocycles. The molecule has 19 heavy (non-hydrogen) atoms. The van der Waals surface area contributed by atoms with Gasteiger partial charge in [-0.15, -0.1) is 0 Å². The van der Waals surface area contributed by atoms with Crippen molar-refractivity contribution >= 4 is 5.97 Å². The molecule has 0 spiro atoms. The number of hydrogen-bond acceptors (Lipinski definition) is 4. The van der Waals surface area contributed by atoms with Crippen LogP contribution in [0.2, 0.25) is 0 Å². The Hall–Kier alpha value is -2.43. The lowest BCUT2D eigenvalue weighted by Crippen LogP contribution is -2.26. The van der Waals surface area contributed by atoms with Crippen molar-refractivity contribution in [3.8, 4) is 11.3 Å². The zero-order valence-electron chi connectivity index (χ0n) is 10.8. The summed E-state index contributed by atoms with van der Waals surface area (Å²) in [6.07, 6.45) is 0. The normalized spacial score (nSPS) is 10.2. The third-order valence-corrected chi connectivity index (χ3v) is 2.79. The highest BCUT2D eigenvalue weighted by molar-refractivity contribution is 5.69. The molecule has 5 nitrogen and oxygen atoms in total. The molecule has 1 aromatic heterocycles. The molecule has 1 aromatic carbocycles. The summed E-state index contributed by atoms with van der Waals surface area (Å²) in [5.41, 5.74) is 2.31. The SMILES string of the molecule is COC(=O)Cn1nc(-c2ccccc2C)ccc1=O. The Morgan fingerprint density at radius 2 is 2.00 bits per heavy atom. The lowest BCUT2D eigenvalue weighted by molar-refractivity contribution is -0.141. The van der Waals surface area contributed by atoms with E-state index in [1.807, 2.05) is 31.2 Å². The molecule has 0 aliphatic carbocycles. The maximum atomic E-state index is 11.6. The van der Waals surface area contributed by atoms with Crippen molar-refractivity contribution in [1.29, 1.82) is 0 Å². The van der Waals surface area contributed by atoms with Crippen LogP contribution in [0.1, 0.15) is 5.56 Å². The number of aryl methyl sites for hydroxylation is 1. The topological polar surface area (TPSA) is 61.2 Å². The van der Waals surface area contributed by atoms with Crippen LogP contribution in [0.25, 0.3) is 11.3 Å². The van der Waals surface area contributed by atoms with Crippen LogP contribution in [0.3, 0.4) is 0 Å². The van der Waals surface area contributed by atoms with E-state index < -0.39 is 5.97 Å². The largest absolute Gasteiger partial charge is 0.468 e. The fraction of sp³-hybridized carbons (Fsp3) is 0.214. The monoisotopic (exact) mass is 258 g/mol. The van der Waals surface area contributed by atoms with Gasteiger partial charge in [-0.25, -0.2) is 4.68 Å². The van der Waals surface area contributed by atoms with Crippen LogP contribution in [0, 0.1) is 6.92 Å². The number of aromatic nitrogens is 2. The molecule has 0 atom stereocenters. The molecule has 0 saturated carbocycles. The molecule has 0 radical (unpaired) electrons. The van der Waals surface area contributed by atoms with Gasteiger partial charge in [0.1, 0.15) is 6.54 Å². The minimum Gasteiger partial charge on any atom is -0.468 e. The van der Waals surface area contributed by atoms with Crippen molar-refractivity contribution in [3.63, 3.8) is 0 Å². The molecule has 5 heteroatoms. The first-order valence-corrected chi connectivity index (χ1v) is 5.83. The Labute approximate surface area is 110 Å². The minimum absolute atomic E-state index is 0.185. The highest BCUT2D eigenvalue weighted by Gasteiger charge is 2.08. The van der Waals surface area contributed by atoms with Crippen molar-refractivity contribution in [2.75, 3.05) is 7.11 Å². The van der Waals surface area contributed by atoms with Crippen LogP contribution in [-0.2, 0) is 16.1 Å². The molecule has 0 unspecified atom stereocenters. The first-order valence-electron chi connectivity index (χ1n) is 5.83. The van der Waals surface area contributed by atoms with Gasteiger partial charge in [0.25, 0.3) is 5.56 Å². The number of hydrogen-bond donors (Lipinski definition) is 0. The molecule has 0 fully saturated rings. The van der Waals surface area contributed by atoms with Gasteiger partial charge in [-0.1, -0.05) is 24.3 Å². The zero-order chi connectivity index (χ0) is 13.8. The van der Waals surface area contributed by atoms with E-state index in [0.717, 1.165) is 15.8 Å². The lowest BCUT2D eigenvalue weighted by Gasteiger charge is -2.07. The number of esters is 1. The molecule has 0 bridgehead atoms. The Morgan fingerprint density at radius 1 is 1.26 bits per heavy atom. The summed E-state index contributed by atoms with van der Waals surface area (Å²) in [6.45, 7) is 1.78. The second kappa shape index (κ2) is 5.48. The number of methoxy groups -OCH3 is 1. The van der Waals surface area contributed by atoms with Crippen LogP contribution in [0.5, 0.6) is 0 Å². The van der Waals surface area contributed by atoms with Gasteiger partial charge in [0.05, 0.1) is 12.8 Å². The van der Waals surface area contributed by atoms with Gasteiger partial charge in [0, 0.05) is 11.6 Å². The molecule has 0 aliphatic heterocycles. The van der Waals surface area contributed by atoms with Crippen molar-refractivity contribution in [2.24, 2.45) is 0 Å². The van der Waals surface area contributed by atoms with Crippen molar-refractivity contribution < 1.29 is 9.53 Å². The van der Waals surface area contributed by atoms with E-state index in [1.54, 1.807) is 6.07 Å². The van der Waals surface area contributed by atoms with Crippen LogP contribution < -0.4 is 5.56 Å². The number of rotatable bonds is 3. The number of ether oxygens (including phenoxy) is 1. The summed E-state index contributed by atoms with van der Waals surface area (Å²) in [7, 11) is 1.28. The van der Waals surface area contributed by atoms with Crippen LogP contribution in [0.15, 0.2) is 41.2 Å². The lowest BCUT2D eigenvalue weighted by atomic mass is 10.1. The average Bonchev–Trinajstić information content (AvgIpc) is 2.42. The predicted molar refractivity (Wildman–Crippen MR) is 70.7 cm³/mol. The zero-order valence-corrected chi connectivity index (χ0v) is 10.8. The van der Waals surface area contributed by atoms with Gasteiger partial charge in [0.15, 0.2) is 0 Å². The van der Waals surface area contributed by atoms with Crippen LogP contribution in [-0.4, -0.2) is 22.9 Å². The second-order valence-corrected chi connectivity index (χ2v) is 4.11. The summed E-state index contributed by atoms with van der Waals surface area (Å²) in [4.78, 5) is 22.9. The minimum atomic E-state index is -0.503. The van der Waals surface area contributed by atoms with E-state index in [-0.39, 0.29) is 12.1 Å². The Kier molecular flexibility index (Phi) is 3.75. The first-order chi connectivity index (χ1) is 9.11. The van der Waals surface area contributed by atoms with E-state index in [2.05, 4.69) is 9.84 Å². The molecule has 98 valence electrons. The van der Waals surface area contributed by atoms with Gasteiger partial charge < -0.3 is 4.74 Å². The standard InChI is InChI=1S/C14H14N2O3/c1-10-5-3-4-6-11(10)12-7-8-13(17)16(15-12)9-14(18)19-2/h3-8H,9H2,1-2H3. The average molecular weight is 258 g/mol. The van der Waals surface area contributed by atoms with Gasteiger partial charge in [-0.05, 0) is 18.6 Å². The van der Waals surface area contributed by atoms with E-state index >= 15 is 0 Å². The van der Waals surface area contributed by atoms with Gasteiger partial charge in [0.2, 0.25) is 0 Å². The predicted octanol–water partition coefficient (Wildman–Crippen LogP) is 1.39. The third-order valence-electron chi connectivity index (χ3n) is 2.79. The van der Waals surface area contributed by atoms with Crippen LogP contribution >= 0.6 is 0 Å². The van der Waals surface area contributed by atoms with E-state index in [1.165, 1.54) is 13.2 Å². The van der Waals surface area contributed by atoms with Crippen molar-refractivity contribution in [3.05, 3.63) is 52.3 Å². The summed E-state index contributed by atoms with van der Waals surface area (Å²) in [5, 5.41) is 4.19. The molecule has 2 rings (SSSR count). The maximum Gasteiger partial charge on any atom is 0.327 e. The van der Waals surface area contributed by atoms with E-state index in [0.29, 0.717) is 5.69 Å². The van der Waals surface area contributed by atoms with Gasteiger partial charge in [-0.3, -0.25) is 9.59 Å². The second-order valence-electron chi connectivity index (χ2n) is 4.11. The molecule has 2 aromatic rings. The van der Waals surface area contributed by atoms with Crippen LogP contribution in [0.4, 0.5) is 0 Å². The fourth-order valence-electron chi connectivity index (χ4n) is 1.75. The quantitative estimate of drug-likeness (QED) is 0.781. The van der Waals surface area contributed by atoms with Gasteiger partial charge >= 0.3 is 5.97 Å². The number of carbonyl (C=O) groups is 1. The summed E-state index contributed by atoms with van der Waals surface area (Å²) in [5.74, 6) is -0.503. The molecule has 1 heterocycles. The summed E-state index contributed by atoms with van der Waals surface area (Å²) in [6, 6.07) is 10.8. The summed E-state index contributed by atoms with van der Waals surface area (Å²) < 4.78 is 5.64. The van der Waals surface area contributed by atoms with Gasteiger partial charge in [-0.2, -0.15) is 5.10 Å². The highest BCUT2D eigenvalue weighted by Crippen LogP contribution is 2.19. The molecule has 0 amide bonds. The molecule has 0 aliphatic rings. The Bertz CT molecular complexity index is 662. The number of benzene rings is 1. The Morgan fingerprint density at radius 3 is 2.68 bits per heavy atom.